The number of likely N-dealkylation sites (tertiary alicyclic amines) is 2. The van der Waals surface area contributed by atoms with Crippen molar-refractivity contribution in [1.82, 2.24) is 15.1 Å². The molecule has 5 rings (SSSR count). The van der Waals surface area contributed by atoms with Crippen LogP contribution in [0.15, 0.2) is 84.9 Å². The first-order valence-corrected chi connectivity index (χ1v) is 14.8. The van der Waals surface area contributed by atoms with Crippen molar-refractivity contribution in [1.29, 1.82) is 0 Å². The lowest BCUT2D eigenvalue weighted by molar-refractivity contribution is 0.0979. The summed E-state index contributed by atoms with van der Waals surface area (Å²) in [5, 5.41) is 3.68. The fourth-order valence-electron chi connectivity index (χ4n) is 6.01. The van der Waals surface area contributed by atoms with Crippen LogP contribution >= 0.6 is 0 Å². The Balaban J connectivity index is 1.10. The minimum atomic E-state index is 0.288. The van der Waals surface area contributed by atoms with E-state index in [0.29, 0.717) is 5.92 Å². The van der Waals surface area contributed by atoms with Crippen LogP contribution in [0.2, 0.25) is 0 Å². The third-order valence-corrected chi connectivity index (χ3v) is 8.26. The Labute approximate surface area is 230 Å². The van der Waals surface area contributed by atoms with Crippen molar-refractivity contribution in [2.45, 2.75) is 57.1 Å². The second-order valence-corrected chi connectivity index (χ2v) is 11.0. The molecule has 4 nitrogen and oxygen atoms in total. The summed E-state index contributed by atoms with van der Waals surface area (Å²) in [7, 11) is 0. The number of hydrogen-bond donors (Lipinski definition) is 1. The van der Waals surface area contributed by atoms with Crippen molar-refractivity contribution in [3.8, 4) is 5.75 Å². The molecule has 2 heterocycles. The maximum absolute atomic E-state index is 6.60. The van der Waals surface area contributed by atoms with Gasteiger partial charge in [0.25, 0.3) is 0 Å². The average Bonchev–Trinajstić information content (AvgIpc) is 3.26. The fourth-order valence-corrected chi connectivity index (χ4v) is 6.01. The van der Waals surface area contributed by atoms with Crippen LogP contribution < -0.4 is 10.1 Å². The second-order valence-electron chi connectivity index (χ2n) is 11.0. The number of rotatable bonds is 11. The first-order chi connectivity index (χ1) is 18.8. The fraction of sp³-hybridized carbons (Fsp3) is 0.471. The number of para-hydroxylation sites is 1. The van der Waals surface area contributed by atoms with Gasteiger partial charge < -0.3 is 19.9 Å². The van der Waals surface area contributed by atoms with Crippen molar-refractivity contribution in [3.05, 3.63) is 102 Å². The van der Waals surface area contributed by atoms with E-state index in [4.69, 9.17) is 4.74 Å². The molecule has 0 amide bonds. The van der Waals surface area contributed by atoms with Gasteiger partial charge >= 0.3 is 0 Å². The van der Waals surface area contributed by atoms with Crippen LogP contribution in [0.1, 0.15) is 61.1 Å². The minimum Gasteiger partial charge on any atom is -0.490 e. The normalized spacial score (nSPS) is 17.9. The number of hydrogen-bond acceptors (Lipinski definition) is 4. The maximum atomic E-state index is 6.60. The van der Waals surface area contributed by atoms with E-state index >= 15 is 0 Å². The van der Waals surface area contributed by atoms with E-state index in [1.54, 1.807) is 0 Å². The molecule has 0 radical (unpaired) electrons. The summed E-state index contributed by atoms with van der Waals surface area (Å²) in [6.07, 6.45) is 7.95. The van der Waals surface area contributed by atoms with Gasteiger partial charge in [-0.05, 0) is 56.0 Å². The number of ether oxygens (including phenoxy) is 1. The standard InChI is InChI=1S/C34H45N3O/c1-2-12-23-36(22-11-1)26-21-35-27-31-17-9-10-18-34(31)38-32-19-24-37(25-20-32)28-33(29-13-5-3-6-14-29)30-15-7-4-8-16-30/h3-10,13-18,32-33,35H,1-2,11-12,19-28H2. The number of nitrogens with zero attached hydrogens (tertiary/aromatic N) is 2. The summed E-state index contributed by atoms with van der Waals surface area (Å²) in [6, 6.07) is 30.5. The van der Waals surface area contributed by atoms with Crippen molar-refractivity contribution in [3.63, 3.8) is 0 Å². The molecule has 2 fully saturated rings. The van der Waals surface area contributed by atoms with E-state index in [1.165, 1.54) is 55.5 Å². The van der Waals surface area contributed by atoms with Crippen LogP contribution in [0.3, 0.4) is 0 Å². The van der Waals surface area contributed by atoms with Gasteiger partial charge in [0.2, 0.25) is 0 Å². The highest BCUT2D eigenvalue weighted by molar-refractivity contribution is 5.34. The van der Waals surface area contributed by atoms with Crippen molar-refractivity contribution < 1.29 is 4.74 Å². The van der Waals surface area contributed by atoms with Gasteiger partial charge in [0.15, 0.2) is 0 Å². The first-order valence-electron chi connectivity index (χ1n) is 14.8. The van der Waals surface area contributed by atoms with Gasteiger partial charge in [0, 0.05) is 50.7 Å². The summed E-state index contributed by atoms with van der Waals surface area (Å²) < 4.78 is 6.60. The average molecular weight is 512 g/mol. The monoisotopic (exact) mass is 511 g/mol. The maximum Gasteiger partial charge on any atom is 0.124 e. The Bertz CT molecular complexity index is 1020. The van der Waals surface area contributed by atoms with Gasteiger partial charge in [-0.15, -0.1) is 0 Å². The predicted molar refractivity (Wildman–Crippen MR) is 158 cm³/mol. The second kappa shape index (κ2) is 14.5. The lowest BCUT2D eigenvalue weighted by Crippen LogP contribution is -2.40. The van der Waals surface area contributed by atoms with Gasteiger partial charge in [-0.25, -0.2) is 0 Å². The SMILES string of the molecule is c1ccc(C(CN2CCC(Oc3ccccc3CNCCN3CCCCCC3)CC2)c2ccccc2)cc1. The lowest BCUT2D eigenvalue weighted by Gasteiger charge is -2.35. The molecule has 2 aliphatic heterocycles. The summed E-state index contributed by atoms with van der Waals surface area (Å²) >= 11 is 0. The molecule has 0 atom stereocenters. The van der Waals surface area contributed by atoms with Crippen molar-refractivity contribution >= 4 is 0 Å². The molecule has 0 saturated carbocycles. The van der Waals surface area contributed by atoms with Crippen molar-refractivity contribution in [2.24, 2.45) is 0 Å². The zero-order valence-corrected chi connectivity index (χ0v) is 22.9. The van der Waals surface area contributed by atoms with E-state index in [2.05, 4.69) is 100 Å². The van der Waals surface area contributed by atoms with Gasteiger partial charge in [-0.2, -0.15) is 0 Å². The van der Waals surface area contributed by atoms with Crippen LogP contribution in [0.25, 0.3) is 0 Å². The van der Waals surface area contributed by atoms with E-state index in [1.807, 2.05) is 0 Å². The van der Waals surface area contributed by atoms with Gasteiger partial charge in [0.05, 0.1) is 0 Å². The Morgan fingerprint density at radius 1 is 0.684 bits per heavy atom. The summed E-state index contributed by atoms with van der Waals surface area (Å²) in [6.45, 7) is 8.80. The molecule has 0 unspecified atom stereocenters. The zero-order chi connectivity index (χ0) is 25.8. The van der Waals surface area contributed by atoms with E-state index < -0.39 is 0 Å². The predicted octanol–water partition coefficient (Wildman–Crippen LogP) is 6.33. The van der Waals surface area contributed by atoms with Crippen LogP contribution in [0.5, 0.6) is 5.75 Å². The zero-order valence-electron chi connectivity index (χ0n) is 22.9. The Morgan fingerprint density at radius 2 is 1.29 bits per heavy atom. The topological polar surface area (TPSA) is 27.7 Å². The lowest BCUT2D eigenvalue weighted by atomic mass is 9.90. The molecule has 2 saturated heterocycles. The molecule has 202 valence electrons. The molecule has 4 heteroatoms. The summed E-state index contributed by atoms with van der Waals surface area (Å²) in [5.41, 5.74) is 4.07. The molecule has 3 aromatic carbocycles. The van der Waals surface area contributed by atoms with Gasteiger partial charge in [0.1, 0.15) is 11.9 Å². The first kappa shape index (κ1) is 26.9. The molecule has 1 N–H and O–H groups in total. The Kier molecular flexibility index (Phi) is 10.3. The van der Waals surface area contributed by atoms with E-state index in [-0.39, 0.29) is 6.10 Å². The highest BCUT2D eigenvalue weighted by Gasteiger charge is 2.25. The van der Waals surface area contributed by atoms with Gasteiger partial charge in [-0.1, -0.05) is 91.7 Å². The van der Waals surface area contributed by atoms with Gasteiger partial charge in [-0.3, -0.25) is 0 Å². The summed E-state index contributed by atoms with van der Waals surface area (Å²) in [5.74, 6) is 1.45. The highest BCUT2D eigenvalue weighted by Crippen LogP contribution is 2.28. The van der Waals surface area contributed by atoms with E-state index in [9.17, 15) is 0 Å². The molecular formula is C34H45N3O. The Morgan fingerprint density at radius 3 is 1.95 bits per heavy atom. The molecule has 0 bridgehead atoms. The van der Waals surface area contributed by atoms with Crippen LogP contribution in [0.4, 0.5) is 0 Å². The molecule has 38 heavy (non-hydrogen) atoms. The Hall–Kier alpha value is -2.66. The molecule has 0 aromatic heterocycles. The van der Waals surface area contributed by atoms with Crippen molar-refractivity contribution in [2.75, 3.05) is 45.8 Å². The van der Waals surface area contributed by atoms with E-state index in [0.717, 1.165) is 57.9 Å². The number of nitrogens with one attached hydrogen (secondary N) is 1. The molecule has 0 spiro atoms. The van der Waals surface area contributed by atoms with Crippen LogP contribution in [-0.4, -0.2) is 61.7 Å². The highest BCUT2D eigenvalue weighted by atomic mass is 16.5. The third-order valence-electron chi connectivity index (χ3n) is 8.26. The largest absolute Gasteiger partial charge is 0.490 e. The number of piperidine rings is 1. The molecular weight excluding hydrogens is 466 g/mol. The summed E-state index contributed by atoms with van der Waals surface area (Å²) in [4.78, 5) is 5.25. The molecule has 2 aliphatic rings. The quantitative estimate of drug-likeness (QED) is 0.305. The number of benzene rings is 3. The van der Waals surface area contributed by atoms with Crippen LogP contribution in [-0.2, 0) is 6.54 Å². The third kappa shape index (κ3) is 7.92. The minimum absolute atomic E-state index is 0.288. The van der Waals surface area contributed by atoms with Crippen LogP contribution in [0, 0.1) is 0 Å². The molecule has 0 aliphatic carbocycles. The smallest absolute Gasteiger partial charge is 0.124 e. The molecule has 3 aromatic rings.